The van der Waals surface area contributed by atoms with Crippen LogP contribution in [0.5, 0.6) is 0 Å². The van der Waals surface area contributed by atoms with E-state index in [1.807, 2.05) is 0 Å². The predicted molar refractivity (Wildman–Crippen MR) is 39.9 cm³/mol. The van der Waals surface area contributed by atoms with Gasteiger partial charge in [0, 0.05) is 25.2 Å². The normalized spacial score (nSPS) is 57.6. The van der Waals surface area contributed by atoms with Gasteiger partial charge in [0.25, 0.3) is 0 Å². The van der Waals surface area contributed by atoms with E-state index in [0.29, 0.717) is 0 Å². The Morgan fingerprint density at radius 2 is 2.30 bits per heavy atom. The van der Waals surface area contributed by atoms with Crippen LogP contribution in [-0.2, 0) is 0 Å². The van der Waals surface area contributed by atoms with Gasteiger partial charge in [0.2, 0.25) is 0 Å². The lowest BCUT2D eigenvalue weighted by Crippen LogP contribution is -2.54. The molecule has 3 rings (SSSR count). The quantitative estimate of drug-likeness (QED) is 0.509. The number of rotatable bonds is 0. The summed E-state index contributed by atoms with van der Waals surface area (Å²) in [7, 11) is 0. The molecule has 0 amide bonds. The molecule has 0 radical (unpaired) electrons. The molecule has 4 unspecified atom stereocenters. The fourth-order valence-electron chi connectivity index (χ4n) is 2.88. The molecule has 3 saturated heterocycles. The van der Waals surface area contributed by atoms with Crippen molar-refractivity contribution in [1.29, 1.82) is 0 Å². The predicted octanol–water partition coefficient (Wildman–Crippen LogP) is 0.0524. The van der Waals surface area contributed by atoms with Crippen molar-refractivity contribution in [2.45, 2.75) is 24.9 Å². The third kappa shape index (κ3) is 0.611. The second-order valence-corrected chi connectivity index (χ2v) is 4.01. The van der Waals surface area contributed by atoms with Crippen LogP contribution in [0.4, 0.5) is 0 Å². The first-order chi connectivity index (χ1) is 4.92. The van der Waals surface area contributed by atoms with Crippen molar-refractivity contribution in [3.63, 3.8) is 0 Å². The van der Waals surface area contributed by atoms with Gasteiger partial charge in [-0.05, 0) is 25.3 Å². The number of piperidine rings is 1. The molecule has 0 spiro atoms. The molecule has 10 heavy (non-hydrogen) atoms. The molecule has 2 heteroatoms. The zero-order valence-corrected chi connectivity index (χ0v) is 6.21. The average molecular weight is 138 g/mol. The third-order valence-electron chi connectivity index (χ3n) is 3.36. The second kappa shape index (κ2) is 1.74. The molecule has 3 aliphatic rings. The van der Waals surface area contributed by atoms with Crippen LogP contribution in [0.1, 0.15) is 12.8 Å². The summed E-state index contributed by atoms with van der Waals surface area (Å²) in [5.41, 5.74) is 0. The molecule has 4 atom stereocenters. The van der Waals surface area contributed by atoms with Crippen molar-refractivity contribution in [2.24, 2.45) is 5.92 Å². The van der Waals surface area contributed by atoms with Crippen LogP contribution in [0.25, 0.3) is 0 Å². The van der Waals surface area contributed by atoms with E-state index in [2.05, 4.69) is 10.2 Å². The van der Waals surface area contributed by atoms with Crippen LogP contribution in [0.3, 0.4) is 0 Å². The van der Waals surface area contributed by atoms with Crippen molar-refractivity contribution in [2.75, 3.05) is 19.6 Å². The lowest BCUT2D eigenvalue weighted by molar-refractivity contribution is 0.146. The molecular formula is C8H14N2. The molecule has 0 aliphatic carbocycles. The highest BCUT2D eigenvalue weighted by Gasteiger charge is 2.42. The summed E-state index contributed by atoms with van der Waals surface area (Å²) in [6, 6.07) is 1.72. The largest absolute Gasteiger partial charge is 0.308 e. The molecule has 1 N–H and O–H groups in total. The van der Waals surface area contributed by atoms with E-state index in [9.17, 15) is 0 Å². The number of fused-ring (bicyclic) bond motifs is 2. The Kier molecular flexibility index (Phi) is 0.968. The summed E-state index contributed by atoms with van der Waals surface area (Å²) >= 11 is 0. The van der Waals surface area contributed by atoms with Gasteiger partial charge < -0.3 is 10.2 Å². The molecular weight excluding hydrogens is 124 g/mol. The number of nitrogens with zero attached hydrogens (tertiary/aromatic N) is 1. The Balaban J connectivity index is 1.94. The van der Waals surface area contributed by atoms with Gasteiger partial charge in [-0.2, -0.15) is 0 Å². The Morgan fingerprint density at radius 3 is 3.30 bits per heavy atom. The van der Waals surface area contributed by atoms with Crippen molar-refractivity contribution in [3.8, 4) is 0 Å². The summed E-state index contributed by atoms with van der Waals surface area (Å²) in [6.45, 7) is 4.04. The standard InChI is InChI=1S/C8H14N2/c1-2-10-4-7-3-6(1)8(5-10)9-7/h6-9H,1-5H2. The second-order valence-electron chi connectivity index (χ2n) is 4.01. The highest BCUT2D eigenvalue weighted by atomic mass is 15.3. The summed E-state index contributed by atoms with van der Waals surface area (Å²) in [6.07, 6.45) is 2.91. The molecule has 3 heterocycles. The average Bonchev–Trinajstić information content (AvgIpc) is 2.11. The van der Waals surface area contributed by atoms with Crippen LogP contribution in [0, 0.1) is 5.92 Å². The maximum absolute atomic E-state index is 3.68. The van der Waals surface area contributed by atoms with E-state index in [-0.39, 0.29) is 0 Å². The van der Waals surface area contributed by atoms with E-state index in [0.717, 1.165) is 18.0 Å². The lowest BCUT2D eigenvalue weighted by atomic mass is 9.94. The summed E-state index contributed by atoms with van der Waals surface area (Å²) in [5, 5.41) is 3.68. The number of nitrogens with one attached hydrogen (secondary N) is 1. The summed E-state index contributed by atoms with van der Waals surface area (Å²) in [5.74, 6) is 1.03. The highest BCUT2D eigenvalue weighted by Crippen LogP contribution is 2.33. The zero-order valence-electron chi connectivity index (χ0n) is 6.21. The first kappa shape index (κ1) is 5.56. The number of hydrogen-bond donors (Lipinski definition) is 1. The maximum atomic E-state index is 3.68. The molecule has 0 saturated carbocycles. The maximum Gasteiger partial charge on any atom is 0.0227 e. The molecule has 3 aliphatic heterocycles. The molecule has 0 aromatic heterocycles. The number of piperazine rings is 1. The van der Waals surface area contributed by atoms with E-state index < -0.39 is 0 Å². The van der Waals surface area contributed by atoms with E-state index in [1.54, 1.807) is 0 Å². The Labute approximate surface area is 61.6 Å². The van der Waals surface area contributed by atoms with Crippen LogP contribution in [-0.4, -0.2) is 36.6 Å². The van der Waals surface area contributed by atoms with Gasteiger partial charge in [0.05, 0.1) is 0 Å². The smallest absolute Gasteiger partial charge is 0.0227 e. The van der Waals surface area contributed by atoms with Gasteiger partial charge in [-0.15, -0.1) is 0 Å². The minimum atomic E-state index is 0.853. The summed E-state index contributed by atoms with van der Waals surface area (Å²) in [4.78, 5) is 2.62. The molecule has 0 aromatic carbocycles. The Bertz CT molecular complexity index is 147. The van der Waals surface area contributed by atoms with Crippen LogP contribution < -0.4 is 5.32 Å². The topological polar surface area (TPSA) is 15.3 Å². The minimum absolute atomic E-state index is 0.853. The monoisotopic (exact) mass is 138 g/mol. The lowest BCUT2D eigenvalue weighted by Gasteiger charge is -2.37. The number of hydrogen-bond acceptors (Lipinski definition) is 2. The van der Waals surface area contributed by atoms with Gasteiger partial charge in [-0.25, -0.2) is 0 Å². The van der Waals surface area contributed by atoms with Crippen molar-refractivity contribution < 1.29 is 0 Å². The Hall–Kier alpha value is -0.0800. The molecule has 0 aromatic rings. The van der Waals surface area contributed by atoms with Gasteiger partial charge in [0.1, 0.15) is 0 Å². The van der Waals surface area contributed by atoms with E-state index in [1.165, 1.54) is 32.5 Å². The van der Waals surface area contributed by atoms with Crippen LogP contribution >= 0.6 is 0 Å². The van der Waals surface area contributed by atoms with Gasteiger partial charge in [-0.3, -0.25) is 0 Å². The zero-order chi connectivity index (χ0) is 6.55. The summed E-state index contributed by atoms with van der Waals surface area (Å²) < 4.78 is 0. The molecule has 3 bridgehead atoms. The first-order valence-corrected chi connectivity index (χ1v) is 4.40. The van der Waals surface area contributed by atoms with Crippen molar-refractivity contribution in [1.82, 2.24) is 10.2 Å². The van der Waals surface area contributed by atoms with Gasteiger partial charge >= 0.3 is 0 Å². The van der Waals surface area contributed by atoms with Crippen LogP contribution in [0.2, 0.25) is 0 Å². The third-order valence-corrected chi connectivity index (χ3v) is 3.36. The minimum Gasteiger partial charge on any atom is -0.308 e. The molecule has 56 valence electrons. The molecule has 3 fully saturated rings. The van der Waals surface area contributed by atoms with E-state index in [4.69, 9.17) is 0 Å². The molecule has 2 nitrogen and oxygen atoms in total. The SMILES string of the molecule is C1CN2CC3CC1C(C2)N3. The van der Waals surface area contributed by atoms with E-state index >= 15 is 0 Å². The fourth-order valence-corrected chi connectivity index (χ4v) is 2.88. The van der Waals surface area contributed by atoms with Gasteiger partial charge in [-0.1, -0.05) is 0 Å². The van der Waals surface area contributed by atoms with Crippen molar-refractivity contribution in [3.05, 3.63) is 0 Å². The van der Waals surface area contributed by atoms with Gasteiger partial charge in [0.15, 0.2) is 0 Å². The first-order valence-electron chi connectivity index (χ1n) is 4.40. The van der Waals surface area contributed by atoms with Crippen molar-refractivity contribution >= 4 is 0 Å². The Morgan fingerprint density at radius 1 is 1.30 bits per heavy atom. The highest BCUT2D eigenvalue weighted by molar-refractivity contribution is 5.01. The fraction of sp³-hybridized carbons (Fsp3) is 1.00. The van der Waals surface area contributed by atoms with Crippen LogP contribution in [0.15, 0.2) is 0 Å².